The molecule has 0 saturated carbocycles. The van der Waals surface area contributed by atoms with Gasteiger partial charge in [-0.25, -0.2) is 4.79 Å². The van der Waals surface area contributed by atoms with Crippen molar-refractivity contribution >= 4 is 16.9 Å². The number of fused-ring (bicyclic) bond motifs is 1. The number of carbonyl (C=O) groups is 1. The van der Waals surface area contributed by atoms with Crippen LogP contribution in [0.25, 0.3) is 11.0 Å². The molecule has 124 valence electrons. The Hall–Kier alpha value is -2.34. The van der Waals surface area contributed by atoms with E-state index in [1.165, 1.54) is 20.1 Å². The van der Waals surface area contributed by atoms with Crippen LogP contribution in [0.1, 0.15) is 32.4 Å². The Morgan fingerprint density at radius 3 is 2.43 bits per heavy atom. The molecule has 6 heteroatoms. The van der Waals surface area contributed by atoms with Gasteiger partial charge in [0, 0.05) is 18.4 Å². The maximum atomic E-state index is 11.6. The fourth-order valence-corrected chi connectivity index (χ4v) is 2.51. The molecular formula is C17H20O6. The Morgan fingerprint density at radius 1 is 1.22 bits per heavy atom. The van der Waals surface area contributed by atoms with E-state index in [1.54, 1.807) is 18.2 Å². The molecule has 1 heterocycles. The van der Waals surface area contributed by atoms with Crippen LogP contribution in [0.15, 0.2) is 33.5 Å². The van der Waals surface area contributed by atoms with Crippen LogP contribution in [-0.4, -0.2) is 24.3 Å². The molecule has 2 aromatic rings. The molecule has 0 aliphatic heterocycles. The van der Waals surface area contributed by atoms with Gasteiger partial charge in [-0.2, -0.15) is 0 Å². The van der Waals surface area contributed by atoms with Gasteiger partial charge in [0.15, 0.2) is 0 Å². The van der Waals surface area contributed by atoms with E-state index in [4.69, 9.17) is 13.9 Å². The van der Waals surface area contributed by atoms with Crippen molar-refractivity contribution in [1.29, 1.82) is 0 Å². The van der Waals surface area contributed by atoms with Crippen LogP contribution in [0.2, 0.25) is 0 Å². The number of carbonyl (C=O) groups excluding carboxylic acids is 1. The van der Waals surface area contributed by atoms with Crippen LogP contribution in [0.5, 0.6) is 5.75 Å². The Morgan fingerprint density at radius 2 is 1.87 bits per heavy atom. The molecule has 0 spiro atoms. The van der Waals surface area contributed by atoms with Crippen LogP contribution >= 0.6 is 0 Å². The first-order valence-electron chi connectivity index (χ1n) is 7.31. The molecule has 1 N–H and O–H groups in total. The first kappa shape index (κ1) is 17.0. The molecule has 0 radical (unpaired) electrons. The lowest BCUT2D eigenvalue weighted by Crippen LogP contribution is -2.30. The third-order valence-corrected chi connectivity index (χ3v) is 3.57. The van der Waals surface area contributed by atoms with Gasteiger partial charge in [-0.05, 0) is 24.1 Å². The van der Waals surface area contributed by atoms with Gasteiger partial charge >= 0.3 is 11.6 Å². The first-order valence-corrected chi connectivity index (χ1v) is 7.31. The van der Waals surface area contributed by atoms with Crippen molar-refractivity contribution in [3.63, 3.8) is 0 Å². The standard InChI is InChI=1S/C17H20O6/c1-9(2)16(22-10(3)18)15(20)14-12(21-4)7-5-11-6-8-13(19)23-17(11)14/h5-9,15-16,20H,1-4H3. The summed E-state index contributed by atoms with van der Waals surface area (Å²) in [6.45, 7) is 4.93. The Balaban J connectivity index is 2.65. The molecule has 0 amide bonds. The predicted molar refractivity (Wildman–Crippen MR) is 84.4 cm³/mol. The summed E-state index contributed by atoms with van der Waals surface area (Å²) in [5.41, 5.74) is -0.0161. The van der Waals surface area contributed by atoms with E-state index >= 15 is 0 Å². The van der Waals surface area contributed by atoms with Crippen molar-refractivity contribution in [2.45, 2.75) is 33.0 Å². The molecule has 1 aromatic heterocycles. The second-order valence-corrected chi connectivity index (χ2v) is 5.62. The molecule has 2 atom stereocenters. The molecule has 2 rings (SSSR count). The first-order chi connectivity index (χ1) is 10.8. The minimum atomic E-state index is -1.19. The van der Waals surface area contributed by atoms with E-state index in [-0.39, 0.29) is 11.5 Å². The van der Waals surface area contributed by atoms with E-state index < -0.39 is 23.8 Å². The fraction of sp³-hybridized carbons (Fsp3) is 0.412. The van der Waals surface area contributed by atoms with Gasteiger partial charge < -0.3 is 19.0 Å². The summed E-state index contributed by atoms with van der Waals surface area (Å²) < 4.78 is 15.8. The third-order valence-electron chi connectivity index (χ3n) is 3.57. The van der Waals surface area contributed by atoms with Crippen LogP contribution in [0.4, 0.5) is 0 Å². The number of hydrogen-bond donors (Lipinski definition) is 1. The van der Waals surface area contributed by atoms with Crippen molar-refractivity contribution in [1.82, 2.24) is 0 Å². The van der Waals surface area contributed by atoms with E-state index in [1.807, 2.05) is 13.8 Å². The average Bonchev–Trinajstić information content (AvgIpc) is 2.50. The van der Waals surface area contributed by atoms with Gasteiger partial charge in [0.1, 0.15) is 23.5 Å². The smallest absolute Gasteiger partial charge is 0.336 e. The molecular weight excluding hydrogens is 300 g/mol. The summed E-state index contributed by atoms with van der Waals surface area (Å²) >= 11 is 0. The van der Waals surface area contributed by atoms with Gasteiger partial charge in [-0.3, -0.25) is 4.79 Å². The van der Waals surface area contributed by atoms with Crippen molar-refractivity contribution in [3.05, 3.63) is 40.2 Å². The third kappa shape index (κ3) is 3.53. The number of rotatable bonds is 5. The lowest BCUT2D eigenvalue weighted by Gasteiger charge is -2.27. The summed E-state index contributed by atoms with van der Waals surface area (Å²) in [6.07, 6.45) is -1.99. The zero-order valence-electron chi connectivity index (χ0n) is 13.5. The quantitative estimate of drug-likeness (QED) is 0.672. The second kappa shape index (κ2) is 6.83. The van der Waals surface area contributed by atoms with Crippen molar-refractivity contribution in [2.24, 2.45) is 5.92 Å². The number of aliphatic hydroxyl groups is 1. The Labute approximate surface area is 133 Å². The van der Waals surface area contributed by atoms with Gasteiger partial charge in [0.2, 0.25) is 0 Å². The molecule has 1 aromatic carbocycles. The van der Waals surface area contributed by atoms with Gasteiger partial charge in [-0.1, -0.05) is 13.8 Å². The minimum Gasteiger partial charge on any atom is -0.496 e. The highest BCUT2D eigenvalue weighted by Gasteiger charge is 2.31. The summed E-state index contributed by atoms with van der Waals surface area (Å²) in [4.78, 5) is 22.9. The lowest BCUT2D eigenvalue weighted by atomic mass is 9.94. The molecule has 0 saturated heterocycles. The largest absolute Gasteiger partial charge is 0.496 e. The molecule has 0 fully saturated rings. The Bertz CT molecular complexity index is 761. The number of benzene rings is 1. The maximum Gasteiger partial charge on any atom is 0.336 e. The van der Waals surface area contributed by atoms with Gasteiger partial charge in [-0.15, -0.1) is 0 Å². The lowest BCUT2D eigenvalue weighted by molar-refractivity contribution is -0.156. The van der Waals surface area contributed by atoms with Crippen LogP contribution < -0.4 is 10.4 Å². The van der Waals surface area contributed by atoms with Crippen molar-refractivity contribution < 1.29 is 23.8 Å². The molecule has 6 nitrogen and oxygen atoms in total. The van der Waals surface area contributed by atoms with E-state index in [2.05, 4.69) is 0 Å². The molecule has 0 bridgehead atoms. The highest BCUT2D eigenvalue weighted by molar-refractivity contribution is 5.82. The van der Waals surface area contributed by atoms with Crippen LogP contribution in [0.3, 0.4) is 0 Å². The van der Waals surface area contributed by atoms with Crippen LogP contribution in [0, 0.1) is 5.92 Å². The molecule has 0 aliphatic rings. The zero-order chi connectivity index (χ0) is 17.1. The summed E-state index contributed by atoms with van der Waals surface area (Å²) in [5.74, 6) is -0.287. The molecule has 0 aliphatic carbocycles. The van der Waals surface area contributed by atoms with Gasteiger partial charge in [0.05, 0.1) is 12.7 Å². The topological polar surface area (TPSA) is 86.0 Å². The number of hydrogen-bond acceptors (Lipinski definition) is 6. The van der Waals surface area contributed by atoms with E-state index in [0.29, 0.717) is 16.7 Å². The summed E-state index contributed by atoms with van der Waals surface area (Å²) in [7, 11) is 1.45. The fourth-order valence-electron chi connectivity index (χ4n) is 2.51. The number of ether oxygens (including phenoxy) is 2. The van der Waals surface area contributed by atoms with Crippen LogP contribution in [-0.2, 0) is 9.53 Å². The summed E-state index contributed by atoms with van der Waals surface area (Å²) in [5, 5.41) is 11.4. The SMILES string of the molecule is COc1ccc2ccc(=O)oc2c1C(O)C(OC(C)=O)C(C)C. The second-order valence-electron chi connectivity index (χ2n) is 5.62. The predicted octanol–water partition coefficient (Wildman–Crippen LogP) is 2.42. The van der Waals surface area contributed by atoms with Crippen molar-refractivity contribution in [2.75, 3.05) is 7.11 Å². The number of methoxy groups -OCH3 is 1. The maximum absolute atomic E-state index is 11.6. The van der Waals surface area contributed by atoms with Crippen molar-refractivity contribution in [3.8, 4) is 5.75 Å². The number of aliphatic hydroxyl groups excluding tert-OH is 1. The van der Waals surface area contributed by atoms with Gasteiger partial charge in [0.25, 0.3) is 0 Å². The normalized spacial score (nSPS) is 13.8. The number of esters is 1. The molecule has 2 unspecified atom stereocenters. The monoisotopic (exact) mass is 320 g/mol. The van der Waals surface area contributed by atoms with E-state index in [0.717, 1.165) is 0 Å². The average molecular weight is 320 g/mol. The highest BCUT2D eigenvalue weighted by Crippen LogP contribution is 2.36. The summed E-state index contributed by atoms with van der Waals surface area (Å²) in [6, 6.07) is 6.31. The minimum absolute atomic E-state index is 0.149. The van der Waals surface area contributed by atoms with E-state index in [9.17, 15) is 14.7 Å². The Kier molecular flexibility index (Phi) is 5.05. The highest BCUT2D eigenvalue weighted by atomic mass is 16.6. The zero-order valence-corrected chi connectivity index (χ0v) is 13.5. The molecule has 23 heavy (non-hydrogen) atoms.